The molecule has 2 rings (SSSR count). The topological polar surface area (TPSA) is 63.8 Å². The van der Waals surface area contributed by atoms with E-state index in [0.29, 0.717) is 6.54 Å². The van der Waals surface area contributed by atoms with Crippen molar-refractivity contribution in [3.05, 3.63) is 17.0 Å². The van der Waals surface area contributed by atoms with Gasteiger partial charge in [0.15, 0.2) is 0 Å². The Balaban J connectivity index is 2.16. The van der Waals surface area contributed by atoms with E-state index in [4.69, 9.17) is 5.73 Å². The molecule has 5 heteroatoms. The Bertz CT molecular complexity index is 336. The summed E-state index contributed by atoms with van der Waals surface area (Å²) >= 11 is 3.43. The lowest BCUT2D eigenvalue weighted by Gasteiger charge is -2.29. The monoisotopic (exact) mass is 270 g/mol. The molecule has 1 saturated carbocycles. The molecule has 1 heterocycles. The van der Waals surface area contributed by atoms with E-state index in [9.17, 15) is 0 Å². The summed E-state index contributed by atoms with van der Waals surface area (Å²) in [5, 5.41) is 3.45. The average molecular weight is 271 g/mol. The predicted molar refractivity (Wildman–Crippen MR) is 63.6 cm³/mol. The fourth-order valence-electron chi connectivity index (χ4n) is 2.09. The summed E-state index contributed by atoms with van der Waals surface area (Å²) in [5.41, 5.74) is 5.88. The predicted octanol–water partition coefficient (Wildman–Crippen LogP) is 1.92. The molecule has 0 bridgehead atoms. The van der Waals surface area contributed by atoms with Crippen LogP contribution >= 0.6 is 15.9 Å². The Morgan fingerprint density at radius 1 is 1.47 bits per heavy atom. The fourth-order valence-corrected chi connectivity index (χ4v) is 2.41. The van der Waals surface area contributed by atoms with E-state index in [1.165, 1.54) is 12.8 Å². The van der Waals surface area contributed by atoms with Gasteiger partial charge in [-0.2, -0.15) is 0 Å². The van der Waals surface area contributed by atoms with Gasteiger partial charge in [-0.15, -0.1) is 0 Å². The highest BCUT2D eigenvalue weighted by Crippen LogP contribution is 2.33. The summed E-state index contributed by atoms with van der Waals surface area (Å²) in [7, 11) is 0. The Morgan fingerprint density at radius 2 is 2.20 bits per heavy atom. The molecule has 0 unspecified atom stereocenters. The van der Waals surface area contributed by atoms with Gasteiger partial charge in [0, 0.05) is 12.7 Å². The van der Waals surface area contributed by atoms with Gasteiger partial charge in [-0.25, -0.2) is 9.97 Å². The van der Waals surface area contributed by atoms with Gasteiger partial charge in [-0.05, 0) is 28.8 Å². The van der Waals surface area contributed by atoms with Gasteiger partial charge in [0.2, 0.25) is 0 Å². The zero-order valence-corrected chi connectivity index (χ0v) is 10.1. The number of nitrogens with one attached hydrogen (secondary N) is 1. The number of aromatic nitrogens is 2. The molecule has 1 aliphatic rings. The standard InChI is InChI=1S/C10H15BrN4/c11-8-5-13-7-14-9(8)15-10(6-12)3-1-2-4-10/h5,7H,1-4,6,12H2,(H,13,14,15). The number of rotatable bonds is 3. The molecule has 1 fully saturated rings. The number of hydrogen-bond acceptors (Lipinski definition) is 4. The van der Waals surface area contributed by atoms with E-state index in [2.05, 4.69) is 31.2 Å². The molecule has 0 saturated heterocycles. The third kappa shape index (κ3) is 2.29. The minimum absolute atomic E-state index is 0.0386. The van der Waals surface area contributed by atoms with Crippen molar-refractivity contribution >= 4 is 21.7 Å². The lowest BCUT2D eigenvalue weighted by Crippen LogP contribution is -2.43. The zero-order valence-electron chi connectivity index (χ0n) is 8.54. The van der Waals surface area contributed by atoms with Crippen molar-refractivity contribution in [3.8, 4) is 0 Å². The molecular weight excluding hydrogens is 256 g/mol. The van der Waals surface area contributed by atoms with E-state index >= 15 is 0 Å². The average Bonchev–Trinajstić information content (AvgIpc) is 2.71. The Labute approximate surface area is 97.8 Å². The lowest BCUT2D eigenvalue weighted by molar-refractivity contribution is 0.491. The van der Waals surface area contributed by atoms with Gasteiger partial charge in [0.05, 0.1) is 10.0 Å². The first-order valence-corrected chi connectivity index (χ1v) is 5.99. The van der Waals surface area contributed by atoms with Crippen molar-refractivity contribution in [1.82, 2.24) is 9.97 Å². The summed E-state index contributed by atoms with van der Waals surface area (Å²) in [6.07, 6.45) is 8.03. The van der Waals surface area contributed by atoms with Crippen LogP contribution in [0.1, 0.15) is 25.7 Å². The first-order chi connectivity index (χ1) is 7.26. The second kappa shape index (κ2) is 4.45. The highest BCUT2D eigenvalue weighted by Gasteiger charge is 2.32. The second-order valence-corrected chi connectivity index (χ2v) is 4.89. The molecule has 1 aliphatic carbocycles. The van der Waals surface area contributed by atoms with Crippen LogP contribution in [0.25, 0.3) is 0 Å². The Kier molecular flexibility index (Phi) is 3.21. The van der Waals surface area contributed by atoms with E-state index in [-0.39, 0.29) is 5.54 Å². The highest BCUT2D eigenvalue weighted by molar-refractivity contribution is 9.10. The van der Waals surface area contributed by atoms with Gasteiger partial charge in [-0.1, -0.05) is 12.8 Å². The third-order valence-electron chi connectivity index (χ3n) is 3.00. The van der Waals surface area contributed by atoms with E-state index < -0.39 is 0 Å². The molecule has 0 atom stereocenters. The molecule has 82 valence electrons. The molecule has 0 radical (unpaired) electrons. The Morgan fingerprint density at radius 3 is 2.80 bits per heavy atom. The second-order valence-electron chi connectivity index (χ2n) is 4.04. The van der Waals surface area contributed by atoms with Gasteiger partial charge >= 0.3 is 0 Å². The van der Waals surface area contributed by atoms with Crippen molar-refractivity contribution in [2.24, 2.45) is 5.73 Å². The molecule has 4 nitrogen and oxygen atoms in total. The maximum Gasteiger partial charge on any atom is 0.144 e. The van der Waals surface area contributed by atoms with E-state index in [1.54, 1.807) is 12.5 Å². The quantitative estimate of drug-likeness (QED) is 0.881. The third-order valence-corrected chi connectivity index (χ3v) is 3.58. The van der Waals surface area contributed by atoms with Gasteiger partial charge < -0.3 is 11.1 Å². The summed E-state index contributed by atoms with van der Waals surface area (Å²) in [5.74, 6) is 0.845. The number of hydrogen-bond donors (Lipinski definition) is 2. The van der Waals surface area contributed by atoms with Crippen LogP contribution in [0.15, 0.2) is 17.0 Å². The first-order valence-electron chi connectivity index (χ1n) is 5.19. The lowest BCUT2D eigenvalue weighted by atomic mass is 9.98. The van der Waals surface area contributed by atoms with Crippen molar-refractivity contribution in [2.45, 2.75) is 31.2 Å². The number of anilines is 1. The minimum Gasteiger partial charge on any atom is -0.362 e. The van der Waals surface area contributed by atoms with Crippen LogP contribution in [0, 0.1) is 0 Å². The smallest absolute Gasteiger partial charge is 0.144 e. The van der Waals surface area contributed by atoms with E-state index in [1.807, 2.05) is 0 Å². The molecule has 0 aromatic carbocycles. The number of nitrogens with two attached hydrogens (primary N) is 1. The molecule has 1 aromatic rings. The summed E-state index contributed by atoms with van der Waals surface area (Å²) in [6, 6.07) is 0. The highest BCUT2D eigenvalue weighted by atomic mass is 79.9. The van der Waals surface area contributed by atoms with Gasteiger partial charge in [0.25, 0.3) is 0 Å². The van der Waals surface area contributed by atoms with Crippen LogP contribution in [0.4, 0.5) is 5.82 Å². The molecule has 0 spiro atoms. The van der Waals surface area contributed by atoms with Crippen LogP contribution in [0.3, 0.4) is 0 Å². The number of nitrogens with zero attached hydrogens (tertiary/aromatic N) is 2. The SMILES string of the molecule is NCC1(Nc2ncncc2Br)CCCC1. The fraction of sp³-hybridized carbons (Fsp3) is 0.600. The maximum absolute atomic E-state index is 5.85. The van der Waals surface area contributed by atoms with Crippen molar-refractivity contribution < 1.29 is 0 Å². The minimum atomic E-state index is 0.0386. The molecule has 0 aliphatic heterocycles. The summed E-state index contributed by atoms with van der Waals surface area (Å²) in [4.78, 5) is 8.15. The van der Waals surface area contributed by atoms with Crippen molar-refractivity contribution in [1.29, 1.82) is 0 Å². The maximum atomic E-state index is 5.85. The van der Waals surface area contributed by atoms with Gasteiger partial charge in [-0.3, -0.25) is 0 Å². The van der Waals surface area contributed by atoms with Crippen LogP contribution in [-0.2, 0) is 0 Å². The zero-order chi connectivity index (χ0) is 10.7. The van der Waals surface area contributed by atoms with Crippen molar-refractivity contribution in [2.75, 3.05) is 11.9 Å². The Hall–Kier alpha value is -0.680. The summed E-state index contributed by atoms with van der Waals surface area (Å²) < 4.78 is 0.893. The van der Waals surface area contributed by atoms with Crippen molar-refractivity contribution in [3.63, 3.8) is 0 Å². The largest absolute Gasteiger partial charge is 0.362 e. The van der Waals surface area contributed by atoms with Crippen LogP contribution in [-0.4, -0.2) is 22.1 Å². The molecule has 0 amide bonds. The normalized spacial score (nSPS) is 19.1. The van der Waals surface area contributed by atoms with Crippen LogP contribution in [0.5, 0.6) is 0 Å². The molecule has 3 N–H and O–H groups in total. The van der Waals surface area contributed by atoms with Crippen LogP contribution < -0.4 is 11.1 Å². The first kappa shape index (κ1) is 10.8. The molecule has 15 heavy (non-hydrogen) atoms. The summed E-state index contributed by atoms with van der Waals surface area (Å²) in [6.45, 7) is 0.656. The van der Waals surface area contributed by atoms with Crippen LogP contribution in [0.2, 0.25) is 0 Å². The molecular formula is C10H15BrN4. The van der Waals surface area contributed by atoms with Gasteiger partial charge in [0.1, 0.15) is 12.1 Å². The molecule has 1 aromatic heterocycles. The van der Waals surface area contributed by atoms with E-state index in [0.717, 1.165) is 23.1 Å². The number of halogens is 1.